The van der Waals surface area contributed by atoms with E-state index in [1.165, 1.54) is 0 Å². The summed E-state index contributed by atoms with van der Waals surface area (Å²) in [5, 5.41) is 0.516. The van der Waals surface area contributed by atoms with Gasteiger partial charge in [0.05, 0.1) is 5.56 Å². The van der Waals surface area contributed by atoms with E-state index in [4.69, 9.17) is 30.5 Å². The number of para-hydroxylation sites is 1. The number of carbonyl (C=O) groups excluding carboxylic acids is 1. The van der Waals surface area contributed by atoms with Gasteiger partial charge in [0.1, 0.15) is 31.7 Å². The molecule has 0 aromatic heterocycles. The van der Waals surface area contributed by atoms with Crippen molar-refractivity contribution >= 4 is 17.4 Å². The van der Waals surface area contributed by atoms with E-state index in [0.29, 0.717) is 47.7 Å². The van der Waals surface area contributed by atoms with Crippen molar-refractivity contribution in [3.8, 4) is 17.2 Å². The molecular formula is C24H19ClO5. The van der Waals surface area contributed by atoms with Crippen molar-refractivity contribution < 1.29 is 23.7 Å². The molecule has 2 aliphatic rings. The van der Waals surface area contributed by atoms with Crippen LogP contribution in [0.25, 0.3) is 0 Å². The second kappa shape index (κ2) is 8.01. The Morgan fingerprint density at radius 1 is 1.00 bits per heavy atom. The maximum atomic E-state index is 13.2. The van der Waals surface area contributed by atoms with Crippen LogP contribution in [0.1, 0.15) is 27.6 Å². The molecule has 5 rings (SSSR count). The maximum Gasteiger partial charge on any atom is 0.198 e. The number of halogens is 1. The fraction of sp³-hybridized carbons (Fsp3) is 0.208. The van der Waals surface area contributed by atoms with Crippen molar-refractivity contribution in [3.63, 3.8) is 0 Å². The van der Waals surface area contributed by atoms with Crippen LogP contribution in [0.4, 0.5) is 0 Å². The lowest BCUT2D eigenvalue weighted by Gasteiger charge is -2.20. The minimum absolute atomic E-state index is 0.130. The molecule has 2 unspecified atom stereocenters. The first kappa shape index (κ1) is 19.0. The standard InChI is InChI=1S/C24H19ClO5/c25-16-12-18(22-20(13-16)27-10-11-28-22)23-24(30-23)21(26)17-8-4-5-9-19(17)29-14-15-6-2-1-3-7-15/h1-9,12-13,23-24H,10-11,14H2. The van der Waals surface area contributed by atoms with Crippen LogP contribution in [0.2, 0.25) is 5.02 Å². The summed E-state index contributed by atoms with van der Waals surface area (Å²) >= 11 is 6.23. The SMILES string of the molecule is O=C(c1ccccc1OCc1ccccc1)C1OC1c1cc(Cl)cc2c1OCCO2. The minimum atomic E-state index is -0.612. The number of Topliss-reactive ketones (excluding diaryl/α,β-unsaturated/α-hetero) is 1. The fourth-order valence-corrected chi connectivity index (χ4v) is 3.81. The summed E-state index contributed by atoms with van der Waals surface area (Å²) in [6, 6.07) is 20.5. The van der Waals surface area contributed by atoms with Crippen LogP contribution in [0.3, 0.4) is 0 Å². The van der Waals surface area contributed by atoms with Gasteiger partial charge in [-0.2, -0.15) is 0 Å². The van der Waals surface area contributed by atoms with Crippen LogP contribution in [-0.2, 0) is 11.3 Å². The highest BCUT2D eigenvalue weighted by Gasteiger charge is 2.49. The molecule has 30 heavy (non-hydrogen) atoms. The molecule has 1 saturated heterocycles. The molecule has 0 bridgehead atoms. The second-order valence-corrected chi connectivity index (χ2v) is 7.57. The number of ether oxygens (including phenoxy) is 4. The highest BCUT2D eigenvalue weighted by atomic mass is 35.5. The van der Waals surface area contributed by atoms with Crippen LogP contribution >= 0.6 is 11.6 Å². The molecule has 3 aromatic rings. The molecule has 0 radical (unpaired) electrons. The quantitative estimate of drug-likeness (QED) is 0.412. The fourth-order valence-electron chi connectivity index (χ4n) is 3.59. The van der Waals surface area contributed by atoms with Gasteiger partial charge >= 0.3 is 0 Å². The predicted molar refractivity (Wildman–Crippen MR) is 112 cm³/mol. The van der Waals surface area contributed by atoms with E-state index in [0.717, 1.165) is 11.1 Å². The van der Waals surface area contributed by atoms with Gasteiger partial charge in [0.15, 0.2) is 23.4 Å². The third-order valence-corrected chi connectivity index (χ3v) is 5.30. The third-order valence-electron chi connectivity index (χ3n) is 5.08. The van der Waals surface area contributed by atoms with Crippen molar-refractivity contribution in [2.24, 2.45) is 0 Å². The molecule has 2 heterocycles. The van der Waals surface area contributed by atoms with E-state index < -0.39 is 12.2 Å². The van der Waals surface area contributed by atoms with Crippen LogP contribution in [0.15, 0.2) is 66.7 Å². The molecule has 152 valence electrons. The Bertz CT molecular complexity index is 1080. The zero-order chi connectivity index (χ0) is 20.5. The Kier molecular flexibility index (Phi) is 5.07. The van der Waals surface area contributed by atoms with E-state index in [1.807, 2.05) is 42.5 Å². The highest BCUT2D eigenvalue weighted by molar-refractivity contribution is 6.30. The molecule has 5 nitrogen and oxygen atoms in total. The van der Waals surface area contributed by atoms with Crippen LogP contribution in [0, 0.1) is 0 Å². The number of fused-ring (bicyclic) bond motifs is 1. The summed E-state index contributed by atoms with van der Waals surface area (Å²) in [5.74, 6) is 1.58. The summed E-state index contributed by atoms with van der Waals surface area (Å²) in [6.07, 6.45) is -1.03. The van der Waals surface area contributed by atoms with Gasteiger partial charge in [-0.15, -0.1) is 0 Å². The Morgan fingerprint density at radius 2 is 1.77 bits per heavy atom. The van der Waals surface area contributed by atoms with E-state index in [1.54, 1.807) is 24.3 Å². The Balaban J connectivity index is 1.35. The van der Waals surface area contributed by atoms with Crippen molar-refractivity contribution in [1.29, 1.82) is 0 Å². The summed E-state index contributed by atoms with van der Waals surface area (Å²) in [7, 11) is 0. The van der Waals surface area contributed by atoms with Crippen LogP contribution in [-0.4, -0.2) is 25.1 Å². The van der Waals surface area contributed by atoms with Gasteiger partial charge in [0, 0.05) is 16.7 Å². The molecule has 2 aliphatic heterocycles. The van der Waals surface area contributed by atoms with Gasteiger partial charge in [0.2, 0.25) is 0 Å². The number of hydrogen-bond donors (Lipinski definition) is 0. The lowest BCUT2D eigenvalue weighted by atomic mass is 10.0. The molecule has 1 fully saturated rings. The molecule has 0 N–H and O–H groups in total. The van der Waals surface area contributed by atoms with Gasteiger partial charge in [-0.05, 0) is 23.8 Å². The van der Waals surface area contributed by atoms with E-state index in [-0.39, 0.29) is 5.78 Å². The van der Waals surface area contributed by atoms with Gasteiger partial charge in [0.25, 0.3) is 0 Å². The number of rotatable bonds is 6. The number of hydrogen-bond acceptors (Lipinski definition) is 5. The van der Waals surface area contributed by atoms with Gasteiger partial charge < -0.3 is 18.9 Å². The van der Waals surface area contributed by atoms with Crippen molar-refractivity contribution in [1.82, 2.24) is 0 Å². The van der Waals surface area contributed by atoms with Crippen molar-refractivity contribution in [2.45, 2.75) is 18.8 Å². The average Bonchev–Trinajstić information content (AvgIpc) is 3.58. The van der Waals surface area contributed by atoms with Gasteiger partial charge in [-0.25, -0.2) is 0 Å². The molecule has 0 saturated carbocycles. The monoisotopic (exact) mass is 422 g/mol. The van der Waals surface area contributed by atoms with E-state index in [2.05, 4.69) is 0 Å². The number of epoxide rings is 1. The lowest BCUT2D eigenvalue weighted by molar-refractivity contribution is 0.0949. The summed E-state index contributed by atoms with van der Waals surface area (Å²) in [6.45, 7) is 1.29. The Hall–Kier alpha value is -3.02. The maximum absolute atomic E-state index is 13.2. The molecule has 3 aromatic carbocycles. The first-order valence-corrected chi connectivity index (χ1v) is 10.1. The first-order valence-electron chi connectivity index (χ1n) is 9.75. The van der Waals surface area contributed by atoms with E-state index in [9.17, 15) is 4.79 Å². The Morgan fingerprint density at radius 3 is 2.63 bits per heavy atom. The number of benzene rings is 3. The van der Waals surface area contributed by atoms with E-state index >= 15 is 0 Å². The normalized spacial score (nSPS) is 19.2. The summed E-state index contributed by atoms with van der Waals surface area (Å²) in [4.78, 5) is 13.2. The molecular weight excluding hydrogens is 404 g/mol. The summed E-state index contributed by atoms with van der Waals surface area (Å²) < 4.78 is 23.1. The molecule has 0 aliphatic carbocycles. The average molecular weight is 423 g/mol. The number of carbonyl (C=O) groups is 1. The number of ketones is 1. The third kappa shape index (κ3) is 3.74. The van der Waals surface area contributed by atoms with Crippen LogP contribution < -0.4 is 14.2 Å². The zero-order valence-electron chi connectivity index (χ0n) is 16.0. The minimum Gasteiger partial charge on any atom is -0.488 e. The van der Waals surface area contributed by atoms with Gasteiger partial charge in [-0.3, -0.25) is 4.79 Å². The van der Waals surface area contributed by atoms with Crippen LogP contribution in [0.5, 0.6) is 17.2 Å². The largest absolute Gasteiger partial charge is 0.488 e. The smallest absolute Gasteiger partial charge is 0.198 e. The first-order chi connectivity index (χ1) is 14.7. The highest BCUT2D eigenvalue weighted by Crippen LogP contribution is 2.49. The molecule has 2 atom stereocenters. The summed E-state index contributed by atoms with van der Waals surface area (Å²) in [5.41, 5.74) is 2.26. The molecule has 0 amide bonds. The van der Waals surface area contributed by atoms with Crippen molar-refractivity contribution in [3.05, 3.63) is 88.4 Å². The zero-order valence-corrected chi connectivity index (χ0v) is 16.8. The van der Waals surface area contributed by atoms with Crippen molar-refractivity contribution in [2.75, 3.05) is 13.2 Å². The topological polar surface area (TPSA) is 57.3 Å². The lowest BCUT2D eigenvalue weighted by Crippen LogP contribution is -2.17. The second-order valence-electron chi connectivity index (χ2n) is 7.13. The Labute approximate surface area is 179 Å². The molecule has 6 heteroatoms. The predicted octanol–water partition coefficient (Wildman–Crippen LogP) is 5.01. The van der Waals surface area contributed by atoms with Gasteiger partial charge in [-0.1, -0.05) is 54.1 Å². The molecule has 0 spiro atoms.